The quantitative estimate of drug-likeness (QED) is 0.193. The molecule has 4 aromatic rings. The van der Waals surface area contributed by atoms with Gasteiger partial charge in [-0.2, -0.15) is 0 Å². The molecule has 0 radical (unpaired) electrons. The van der Waals surface area contributed by atoms with Crippen molar-refractivity contribution in [3.05, 3.63) is 68.0 Å². The Morgan fingerprint density at radius 3 is 2.73 bits per heavy atom. The molecule has 33 heavy (non-hydrogen) atoms. The van der Waals surface area contributed by atoms with Gasteiger partial charge in [-0.05, 0) is 51.5 Å². The lowest BCUT2D eigenvalue weighted by Crippen LogP contribution is -2.25. The van der Waals surface area contributed by atoms with E-state index >= 15 is 0 Å². The highest BCUT2D eigenvalue weighted by Gasteiger charge is 2.20. The Morgan fingerprint density at radius 2 is 2.03 bits per heavy atom. The number of rotatable bonds is 9. The maximum atomic E-state index is 13.2. The van der Waals surface area contributed by atoms with Crippen molar-refractivity contribution < 1.29 is 13.9 Å². The van der Waals surface area contributed by atoms with Crippen LogP contribution in [0.3, 0.4) is 0 Å². The Morgan fingerprint density at radius 1 is 1.24 bits per heavy atom. The molecule has 9 heteroatoms. The Hall–Kier alpha value is -2.62. The van der Waals surface area contributed by atoms with Gasteiger partial charge in [0.15, 0.2) is 10.9 Å². The van der Waals surface area contributed by atoms with Crippen LogP contribution >= 0.6 is 23.1 Å². The van der Waals surface area contributed by atoms with Crippen LogP contribution in [0.5, 0.6) is 0 Å². The Kier molecular flexibility index (Phi) is 6.92. The number of ketones is 1. The predicted octanol–water partition coefficient (Wildman–Crippen LogP) is 4.76. The van der Waals surface area contributed by atoms with Crippen LogP contribution in [0.15, 0.2) is 38.8 Å². The van der Waals surface area contributed by atoms with E-state index in [2.05, 4.69) is 4.57 Å². The van der Waals surface area contributed by atoms with E-state index in [1.54, 1.807) is 17.9 Å². The monoisotopic (exact) mass is 485 g/mol. The van der Waals surface area contributed by atoms with Crippen LogP contribution in [0.4, 0.5) is 0 Å². The standard InChI is InChI=1S/C24H27N3O4S2/c1-14-11-19(16(3)27(14)12-18-7-6-9-31-18)20(28)13-32-24-25-22-21(15(2)17(4)33-22)23(29)26(24)8-10-30-5/h6-7,9,11H,8,10,12-13H2,1-5H3. The van der Waals surface area contributed by atoms with Gasteiger partial charge in [-0.25, -0.2) is 4.98 Å². The summed E-state index contributed by atoms with van der Waals surface area (Å²) in [7, 11) is 1.60. The number of hydrogen-bond acceptors (Lipinski definition) is 7. The summed E-state index contributed by atoms with van der Waals surface area (Å²) < 4.78 is 14.4. The first-order valence-electron chi connectivity index (χ1n) is 10.7. The lowest BCUT2D eigenvalue weighted by Gasteiger charge is -2.12. The molecule has 7 nitrogen and oxygen atoms in total. The summed E-state index contributed by atoms with van der Waals surface area (Å²) in [4.78, 5) is 32.9. The molecule has 0 saturated carbocycles. The number of furan rings is 1. The van der Waals surface area contributed by atoms with Crippen molar-refractivity contribution in [2.45, 2.75) is 45.9 Å². The van der Waals surface area contributed by atoms with Crippen LogP contribution in [-0.4, -0.2) is 39.4 Å². The minimum Gasteiger partial charge on any atom is -0.467 e. The molecule has 0 aliphatic heterocycles. The van der Waals surface area contributed by atoms with E-state index in [0.717, 1.165) is 32.4 Å². The predicted molar refractivity (Wildman–Crippen MR) is 132 cm³/mol. The summed E-state index contributed by atoms with van der Waals surface area (Å²) in [5.74, 6) is 1.04. The van der Waals surface area contributed by atoms with Crippen molar-refractivity contribution in [2.24, 2.45) is 0 Å². The van der Waals surface area contributed by atoms with Gasteiger partial charge in [0.25, 0.3) is 5.56 Å². The zero-order chi connectivity index (χ0) is 23.7. The van der Waals surface area contributed by atoms with Gasteiger partial charge in [0.1, 0.15) is 10.6 Å². The van der Waals surface area contributed by atoms with E-state index in [1.165, 1.54) is 23.1 Å². The third kappa shape index (κ3) is 4.58. The summed E-state index contributed by atoms with van der Waals surface area (Å²) in [6.45, 7) is 9.24. The van der Waals surface area contributed by atoms with E-state index in [4.69, 9.17) is 14.1 Å². The summed E-state index contributed by atoms with van der Waals surface area (Å²) in [5.41, 5.74) is 3.47. The number of aromatic nitrogens is 3. The van der Waals surface area contributed by atoms with Crippen LogP contribution < -0.4 is 5.56 Å². The second-order valence-corrected chi connectivity index (χ2v) is 10.1. The summed E-state index contributed by atoms with van der Waals surface area (Å²) >= 11 is 2.81. The highest BCUT2D eigenvalue weighted by Crippen LogP contribution is 2.29. The smallest absolute Gasteiger partial charge is 0.263 e. The number of carbonyl (C=O) groups is 1. The van der Waals surface area contributed by atoms with Gasteiger partial charge < -0.3 is 13.7 Å². The van der Waals surface area contributed by atoms with Crippen molar-refractivity contribution in [1.29, 1.82) is 0 Å². The van der Waals surface area contributed by atoms with E-state index < -0.39 is 0 Å². The maximum absolute atomic E-state index is 13.2. The van der Waals surface area contributed by atoms with E-state index in [-0.39, 0.29) is 17.1 Å². The van der Waals surface area contributed by atoms with E-state index in [1.807, 2.05) is 45.9 Å². The van der Waals surface area contributed by atoms with Gasteiger partial charge in [0.05, 0.1) is 37.1 Å². The molecule has 0 spiro atoms. The summed E-state index contributed by atoms with van der Waals surface area (Å²) in [6.07, 6.45) is 1.65. The number of nitrogens with zero attached hydrogens (tertiary/aromatic N) is 3. The molecule has 0 aromatic carbocycles. The second-order valence-electron chi connectivity index (χ2n) is 7.97. The van der Waals surface area contributed by atoms with Gasteiger partial charge in [-0.1, -0.05) is 11.8 Å². The average molecular weight is 486 g/mol. The molecule has 0 amide bonds. The fourth-order valence-corrected chi connectivity index (χ4v) is 5.87. The fourth-order valence-electron chi connectivity index (χ4n) is 3.89. The molecule has 0 fully saturated rings. The third-order valence-corrected chi connectivity index (χ3v) is 7.95. The molecule has 4 heterocycles. The number of carbonyl (C=O) groups excluding carboxylic acids is 1. The average Bonchev–Trinajstić information content (AvgIpc) is 3.47. The van der Waals surface area contributed by atoms with Crippen LogP contribution in [0.25, 0.3) is 10.2 Å². The SMILES string of the molecule is COCCn1c(SCC(=O)c2cc(C)n(Cc3ccco3)c2C)nc2sc(C)c(C)c2c1=O. The van der Waals surface area contributed by atoms with Crippen LogP contribution in [0.1, 0.15) is 37.9 Å². The number of thioether (sulfide) groups is 1. The number of ether oxygens (including phenoxy) is 1. The van der Waals surface area contributed by atoms with Crippen molar-refractivity contribution in [3.63, 3.8) is 0 Å². The molecule has 0 N–H and O–H groups in total. The van der Waals surface area contributed by atoms with Gasteiger partial charge in [-0.3, -0.25) is 14.2 Å². The number of methoxy groups -OCH3 is 1. The molecule has 0 aliphatic carbocycles. The maximum Gasteiger partial charge on any atom is 0.263 e. The number of thiophene rings is 1. The number of Topliss-reactive ketones (excluding diaryl/α,β-unsaturated/α-hetero) is 1. The molecule has 0 bridgehead atoms. The topological polar surface area (TPSA) is 79.3 Å². The number of fused-ring (bicyclic) bond motifs is 1. The van der Waals surface area contributed by atoms with Crippen LogP contribution in [-0.2, 0) is 17.8 Å². The number of hydrogen-bond donors (Lipinski definition) is 0. The van der Waals surface area contributed by atoms with Crippen molar-refractivity contribution >= 4 is 39.1 Å². The largest absolute Gasteiger partial charge is 0.467 e. The van der Waals surface area contributed by atoms with E-state index in [9.17, 15) is 9.59 Å². The van der Waals surface area contributed by atoms with Crippen molar-refractivity contribution in [3.8, 4) is 0 Å². The first kappa shape index (κ1) is 23.5. The molecule has 4 rings (SSSR count). The third-order valence-electron chi connectivity index (χ3n) is 5.87. The molecule has 0 saturated heterocycles. The minimum absolute atomic E-state index is 0.00460. The van der Waals surface area contributed by atoms with Gasteiger partial charge in [0, 0.05) is 28.9 Å². The Bertz CT molecular complexity index is 1360. The van der Waals surface area contributed by atoms with E-state index in [0.29, 0.717) is 35.8 Å². The highest BCUT2D eigenvalue weighted by molar-refractivity contribution is 7.99. The molecular weight excluding hydrogens is 458 g/mol. The molecule has 0 unspecified atom stereocenters. The normalized spacial score (nSPS) is 11.5. The highest BCUT2D eigenvalue weighted by atomic mass is 32.2. The van der Waals surface area contributed by atoms with Crippen LogP contribution in [0.2, 0.25) is 0 Å². The second kappa shape index (κ2) is 9.70. The van der Waals surface area contributed by atoms with Gasteiger partial charge in [0.2, 0.25) is 0 Å². The molecular formula is C24H27N3O4S2. The summed E-state index contributed by atoms with van der Waals surface area (Å²) in [5, 5.41) is 1.20. The first-order chi connectivity index (χ1) is 15.8. The molecule has 4 aromatic heterocycles. The minimum atomic E-state index is -0.0783. The molecule has 0 atom stereocenters. The van der Waals surface area contributed by atoms with Crippen molar-refractivity contribution in [1.82, 2.24) is 14.1 Å². The Balaban J connectivity index is 1.60. The molecule has 174 valence electrons. The zero-order valence-electron chi connectivity index (χ0n) is 19.4. The lowest BCUT2D eigenvalue weighted by molar-refractivity contribution is 0.102. The fraction of sp³-hybridized carbons (Fsp3) is 0.375. The first-order valence-corrected chi connectivity index (χ1v) is 12.5. The summed E-state index contributed by atoms with van der Waals surface area (Å²) in [6, 6.07) is 5.70. The zero-order valence-corrected chi connectivity index (χ0v) is 21.1. The van der Waals surface area contributed by atoms with Crippen molar-refractivity contribution in [2.75, 3.05) is 19.5 Å². The lowest BCUT2D eigenvalue weighted by atomic mass is 10.2. The molecule has 0 aliphatic rings. The van der Waals surface area contributed by atoms with Gasteiger partial charge in [-0.15, -0.1) is 11.3 Å². The van der Waals surface area contributed by atoms with Gasteiger partial charge >= 0.3 is 0 Å². The number of aryl methyl sites for hydroxylation is 3. The Labute approximate surface area is 200 Å². The van der Waals surface area contributed by atoms with Crippen LogP contribution in [0, 0.1) is 27.7 Å².